The van der Waals surface area contributed by atoms with Crippen LogP contribution in [0.2, 0.25) is 0 Å². The van der Waals surface area contributed by atoms with E-state index in [-0.39, 0.29) is 24.0 Å². The van der Waals surface area contributed by atoms with Crippen molar-refractivity contribution in [3.63, 3.8) is 0 Å². The van der Waals surface area contributed by atoms with E-state index in [1.807, 2.05) is 31.2 Å². The molecule has 3 unspecified atom stereocenters. The van der Waals surface area contributed by atoms with Gasteiger partial charge in [0.1, 0.15) is 11.9 Å². The molecule has 3 atom stereocenters. The van der Waals surface area contributed by atoms with Crippen LogP contribution in [0.1, 0.15) is 26.2 Å². The van der Waals surface area contributed by atoms with Crippen molar-refractivity contribution >= 4 is 21.8 Å². The van der Waals surface area contributed by atoms with Gasteiger partial charge in [-0.25, -0.2) is 0 Å². The summed E-state index contributed by atoms with van der Waals surface area (Å²) in [6.07, 6.45) is 2.58. The Morgan fingerprint density at radius 1 is 1.55 bits per heavy atom. The molecular weight excluding hydrogens is 320 g/mol. The lowest BCUT2D eigenvalue weighted by atomic mass is 10.1. The molecular formula is C15H21BrN2O2. The molecule has 0 saturated heterocycles. The van der Waals surface area contributed by atoms with Crippen LogP contribution in [0.25, 0.3) is 0 Å². The number of nitrogens with two attached hydrogens (primary N) is 1. The van der Waals surface area contributed by atoms with Crippen LogP contribution in [0, 0.1) is 5.92 Å². The Hall–Kier alpha value is -1.07. The third-order valence-electron chi connectivity index (χ3n) is 3.54. The van der Waals surface area contributed by atoms with Gasteiger partial charge in [-0.15, -0.1) is 0 Å². The van der Waals surface area contributed by atoms with Gasteiger partial charge >= 0.3 is 0 Å². The van der Waals surface area contributed by atoms with Crippen molar-refractivity contribution in [2.45, 2.75) is 38.3 Å². The third kappa shape index (κ3) is 4.49. The number of nitrogens with one attached hydrogen (secondary N) is 1. The Labute approximate surface area is 128 Å². The summed E-state index contributed by atoms with van der Waals surface area (Å²) in [5.41, 5.74) is 5.83. The fourth-order valence-electron chi connectivity index (χ4n) is 2.46. The molecule has 0 aliphatic heterocycles. The molecule has 4 nitrogen and oxygen atoms in total. The maximum atomic E-state index is 12.0. The van der Waals surface area contributed by atoms with E-state index >= 15 is 0 Å². The van der Waals surface area contributed by atoms with E-state index in [0.717, 1.165) is 29.5 Å². The van der Waals surface area contributed by atoms with Crippen LogP contribution in [-0.4, -0.2) is 24.6 Å². The van der Waals surface area contributed by atoms with E-state index in [9.17, 15) is 4.79 Å². The first-order valence-electron chi connectivity index (χ1n) is 7.00. The van der Waals surface area contributed by atoms with Gasteiger partial charge in [0.15, 0.2) is 0 Å². The lowest BCUT2D eigenvalue weighted by Gasteiger charge is -2.17. The van der Waals surface area contributed by atoms with Gasteiger partial charge in [-0.1, -0.05) is 22.0 Å². The smallest absolute Gasteiger partial charge is 0.223 e. The summed E-state index contributed by atoms with van der Waals surface area (Å²) in [6, 6.07) is 7.86. The zero-order valence-corrected chi connectivity index (χ0v) is 13.2. The number of benzene rings is 1. The van der Waals surface area contributed by atoms with Gasteiger partial charge in [0, 0.05) is 16.4 Å². The Morgan fingerprint density at radius 2 is 2.35 bits per heavy atom. The first kappa shape index (κ1) is 15.3. The molecule has 1 amide bonds. The van der Waals surface area contributed by atoms with Crippen LogP contribution < -0.4 is 15.8 Å². The molecule has 0 bridgehead atoms. The predicted octanol–water partition coefficient (Wildman–Crippen LogP) is 2.46. The molecule has 1 aromatic carbocycles. The highest BCUT2D eigenvalue weighted by atomic mass is 79.9. The Balaban J connectivity index is 1.75. The maximum absolute atomic E-state index is 12.0. The highest BCUT2D eigenvalue weighted by Gasteiger charge is 2.27. The topological polar surface area (TPSA) is 64.4 Å². The minimum atomic E-state index is -0.0664. The van der Waals surface area contributed by atoms with E-state index in [2.05, 4.69) is 21.2 Å². The monoisotopic (exact) mass is 340 g/mol. The van der Waals surface area contributed by atoms with Gasteiger partial charge < -0.3 is 15.8 Å². The summed E-state index contributed by atoms with van der Waals surface area (Å²) in [5.74, 6) is 0.967. The summed E-state index contributed by atoms with van der Waals surface area (Å²) >= 11 is 3.40. The molecule has 3 N–H and O–H groups in total. The fourth-order valence-corrected chi connectivity index (χ4v) is 2.84. The van der Waals surface area contributed by atoms with Crippen molar-refractivity contribution in [2.24, 2.45) is 11.7 Å². The number of carbonyl (C=O) groups excluding carboxylic acids is 1. The second kappa shape index (κ2) is 7.09. The van der Waals surface area contributed by atoms with Crippen molar-refractivity contribution in [1.82, 2.24) is 5.32 Å². The summed E-state index contributed by atoms with van der Waals surface area (Å²) in [7, 11) is 0. The van der Waals surface area contributed by atoms with Crippen LogP contribution in [0.3, 0.4) is 0 Å². The Kier molecular flexibility index (Phi) is 5.43. The highest BCUT2D eigenvalue weighted by molar-refractivity contribution is 9.10. The first-order chi connectivity index (χ1) is 9.54. The number of hydrogen-bond acceptors (Lipinski definition) is 3. The first-order valence-corrected chi connectivity index (χ1v) is 7.79. The summed E-state index contributed by atoms with van der Waals surface area (Å²) in [6.45, 7) is 2.46. The van der Waals surface area contributed by atoms with Crippen LogP contribution in [0.5, 0.6) is 5.75 Å². The minimum Gasteiger partial charge on any atom is -0.489 e. The van der Waals surface area contributed by atoms with Crippen LogP contribution >= 0.6 is 15.9 Å². The van der Waals surface area contributed by atoms with Crippen molar-refractivity contribution < 1.29 is 9.53 Å². The number of halogens is 1. The quantitative estimate of drug-likeness (QED) is 0.865. The van der Waals surface area contributed by atoms with Gasteiger partial charge in [0.05, 0.1) is 6.54 Å². The zero-order chi connectivity index (χ0) is 14.5. The van der Waals surface area contributed by atoms with E-state index in [1.54, 1.807) is 0 Å². The highest BCUT2D eigenvalue weighted by Crippen LogP contribution is 2.24. The molecule has 20 heavy (non-hydrogen) atoms. The molecule has 1 aliphatic carbocycles. The van der Waals surface area contributed by atoms with Crippen molar-refractivity contribution in [3.8, 4) is 5.75 Å². The third-order valence-corrected chi connectivity index (χ3v) is 4.03. The van der Waals surface area contributed by atoms with E-state index in [1.165, 1.54) is 0 Å². The predicted molar refractivity (Wildman–Crippen MR) is 82.6 cm³/mol. The minimum absolute atomic E-state index is 0.0664. The summed E-state index contributed by atoms with van der Waals surface area (Å²) in [4.78, 5) is 12.0. The second-order valence-electron chi connectivity index (χ2n) is 5.40. The van der Waals surface area contributed by atoms with Crippen LogP contribution in [0.15, 0.2) is 28.7 Å². The average molecular weight is 341 g/mol. The Bertz CT molecular complexity index is 467. The Morgan fingerprint density at radius 3 is 3.00 bits per heavy atom. The normalized spacial score (nSPS) is 23.4. The molecule has 2 rings (SSSR count). The number of hydrogen-bond donors (Lipinski definition) is 2. The molecule has 1 saturated carbocycles. The lowest BCUT2D eigenvalue weighted by Crippen LogP contribution is -2.37. The fraction of sp³-hybridized carbons (Fsp3) is 0.533. The number of amides is 1. The zero-order valence-electron chi connectivity index (χ0n) is 11.6. The molecule has 1 fully saturated rings. The van der Waals surface area contributed by atoms with Crippen molar-refractivity contribution in [3.05, 3.63) is 28.7 Å². The maximum Gasteiger partial charge on any atom is 0.223 e. The standard InChI is InChI=1S/C15H21BrN2O2/c1-10(20-14-4-2-3-12(16)8-14)9-18-15(19)11-5-6-13(17)7-11/h2-4,8,10-11,13H,5-7,9,17H2,1H3,(H,18,19). The lowest BCUT2D eigenvalue weighted by molar-refractivity contribution is -0.125. The molecule has 0 heterocycles. The average Bonchev–Trinajstić information content (AvgIpc) is 2.83. The number of ether oxygens (including phenoxy) is 1. The second-order valence-corrected chi connectivity index (χ2v) is 6.32. The van der Waals surface area contributed by atoms with E-state index in [0.29, 0.717) is 6.54 Å². The SMILES string of the molecule is CC(CNC(=O)C1CCC(N)C1)Oc1cccc(Br)c1. The van der Waals surface area contributed by atoms with Gasteiger partial charge in [0.25, 0.3) is 0 Å². The van der Waals surface area contributed by atoms with Crippen molar-refractivity contribution in [2.75, 3.05) is 6.54 Å². The molecule has 0 aromatic heterocycles. The van der Waals surface area contributed by atoms with Gasteiger partial charge in [0.2, 0.25) is 5.91 Å². The molecule has 0 spiro atoms. The van der Waals surface area contributed by atoms with Crippen LogP contribution in [-0.2, 0) is 4.79 Å². The van der Waals surface area contributed by atoms with Gasteiger partial charge in [-0.3, -0.25) is 4.79 Å². The van der Waals surface area contributed by atoms with E-state index in [4.69, 9.17) is 10.5 Å². The van der Waals surface area contributed by atoms with Crippen molar-refractivity contribution in [1.29, 1.82) is 0 Å². The molecule has 110 valence electrons. The largest absolute Gasteiger partial charge is 0.489 e. The summed E-state index contributed by atoms with van der Waals surface area (Å²) < 4.78 is 6.74. The van der Waals surface area contributed by atoms with Gasteiger partial charge in [-0.05, 0) is 44.4 Å². The molecule has 5 heteroatoms. The van der Waals surface area contributed by atoms with Crippen LogP contribution in [0.4, 0.5) is 0 Å². The molecule has 1 aromatic rings. The van der Waals surface area contributed by atoms with E-state index < -0.39 is 0 Å². The molecule has 0 radical (unpaired) electrons. The number of rotatable bonds is 5. The van der Waals surface area contributed by atoms with Gasteiger partial charge in [-0.2, -0.15) is 0 Å². The summed E-state index contributed by atoms with van der Waals surface area (Å²) in [5, 5.41) is 2.95. The molecule has 1 aliphatic rings. The number of carbonyl (C=O) groups is 1.